The lowest BCUT2D eigenvalue weighted by molar-refractivity contribution is 0.589. The van der Waals surface area contributed by atoms with E-state index in [0.717, 1.165) is 11.3 Å². The van der Waals surface area contributed by atoms with Crippen molar-refractivity contribution in [2.75, 3.05) is 0 Å². The molecule has 0 atom stereocenters. The Morgan fingerprint density at radius 1 is 0.944 bits per heavy atom. The number of rotatable bonds is 1. The van der Waals surface area contributed by atoms with Crippen LogP contribution in [0.4, 0.5) is 13.2 Å². The summed E-state index contributed by atoms with van der Waals surface area (Å²) >= 11 is 1.06. The monoisotopic (exact) mass is 265 g/mol. The Labute approximate surface area is 105 Å². The molecule has 0 aliphatic carbocycles. The molecule has 0 spiro atoms. The molecule has 90 valence electrons. The summed E-state index contributed by atoms with van der Waals surface area (Å²) in [5, 5.41) is 0.214. The third-order valence-corrected chi connectivity index (χ3v) is 3.56. The molecule has 3 rings (SSSR count). The Hall–Kier alpha value is -1.88. The lowest BCUT2D eigenvalue weighted by Gasteiger charge is -1.99. The Kier molecular flexibility index (Phi) is 2.56. The van der Waals surface area contributed by atoms with E-state index in [1.165, 1.54) is 36.4 Å². The van der Waals surface area contributed by atoms with E-state index < -0.39 is 17.5 Å². The molecule has 0 aliphatic rings. The summed E-state index contributed by atoms with van der Waals surface area (Å²) in [5.74, 6) is -1.74. The van der Waals surface area contributed by atoms with Gasteiger partial charge in [-0.15, -0.1) is 11.3 Å². The first-order valence-electron chi connectivity index (χ1n) is 5.15. The maximum atomic E-state index is 13.6. The lowest BCUT2D eigenvalue weighted by Crippen LogP contribution is -1.88. The molecule has 0 N–H and O–H groups in total. The van der Waals surface area contributed by atoms with E-state index in [-0.39, 0.29) is 10.6 Å². The van der Waals surface area contributed by atoms with Crippen LogP contribution in [-0.2, 0) is 0 Å². The third-order valence-electron chi connectivity index (χ3n) is 2.53. The zero-order chi connectivity index (χ0) is 12.7. The summed E-state index contributed by atoms with van der Waals surface area (Å²) in [6.45, 7) is 0. The maximum Gasteiger partial charge on any atom is 0.136 e. The van der Waals surface area contributed by atoms with Crippen LogP contribution in [0.2, 0.25) is 0 Å². The highest BCUT2D eigenvalue weighted by Crippen LogP contribution is 2.33. The van der Waals surface area contributed by atoms with E-state index in [2.05, 4.69) is 4.98 Å². The molecule has 1 heterocycles. The molecule has 3 aromatic rings. The zero-order valence-corrected chi connectivity index (χ0v) is 9.77. The van der Waals surface area contributed by atoms with Gasteiger partial charge in [-0.2, -0.15) is 0 Å². The highest BCUT2D eigenvalue weighted by atomic mass is 32.1. The van der Waals surface area contributed by atoms with Gasteiger partial charge in [0.1, 0.15) is 22.5 Å². The standard InChI is InChI=1S/C13H6F3NS/c14-7-4-5-10-11(6-7)18-13(17-10)12-8(15)2-1-3-9(12)16/h1-6H. The summed E-state index contributed by atoms with van der Waals surface area (Å²) in [7, 11) is 0. The summed E-state index contributed by atoms with van der Waals surface area (Å²) < 4.78 is 40.8. The number of aromatic nitrogens is 1. The van der Waals surface area contributed by atoms with Crippen molar-refractivity contribution in [3.8, 4) is 10.6 Å². The van der Waals surface area contributed by atoms with Crippen LogP contribution in [0, 0.1) is 17.5 Å². The highest BCUT2D eigenvalue weighted by Gasteiger charge is 2.15. The number of nitrogens with zero attached hydrogens (tertiary/aromatic N) is 1. The SMILES string of the molecule is Fc1ccc2nc(-c3c(F)cccc3F)sc2c1. The maximum absolute atomic E-state index is 13.6. The van der Waals surface area contributed by atoms with Crippen molar-refractivity contribution < 1.29 is 13.2 Å². The van der Waals surface area contributed by atoms with Crippen LogP contribution in [-0.4, -0.2) is 4.98 Å². The van der Waals surface area contributed by atoms with Gasteiger partial charge in [-0.25, -0.2) is 18.2 Å². The Morgan fingerprint density at radius 2 is 1.67 bits per heavy atom. The van der Waals surface area contributed by atoms with Crippen molar-refractivity contribution in [3.05, 3.63) is 53.8 Å². The first-order chi connectivity index (χ1) is 8.65. The molecule has 0 saturated carbocycles. The molecule has 18 heavy (non-hydrogen) atoms. The van der Waals surface area contributed by atoms with Crippen LogP contribution in [0.25, 0.3) is 20.8 Å². The molecule has 0 fully saturated rings. The van der Waals surface area contributed by atoms with Crippen LogP contribution in [0.15, 0.2) is 36.4 Å². The van der Waals surface area contributed by atoms with Crippen molar-refractivity contribution in [2.45, 2.75) is 0 Å². The minimum absolute atomic E-state index is 0.167. The normalized spacial score (nSPS) is 11.1. The average Bonchev–Trinajstić information content (AvgIpc) is 2.71. The van der Waals surface area contributed by atoms with Gasteiger partial charge in [0.15, 0.2) is 0 Å². The van der Waals surface area contributed by atoms with Crippen LogP contribution < -0.4 is 0 Å². The number of hydrogen-bond donors (Lipinski definition) is 0. The van der Waals surface area contributed by atoms with Crippen molar-refractivity contribution in [3.63, 3.8) is 0 Å². The van der Waals surface area contributed by atoms with Crippen LogP contribution in [0.1, 0.15) is 0 Å². The van der Waals surface area contributed by atoms with Crippen molar-refractivity contribution in [1.82, 2.24) is 4.98 Å². The minimum Gasteiger partial charge on any atom is -0.236 e. The van der Waals surface area contributed by atoms with Gasteiger partial charge in [0.2, 0.25) is 0 Å². The average molecular weight is 265 g/mol. The van der Waals surface area contributed by atoms with Crippen LogP contribution >= 0.6 is 11.3 Å². The van der Waals surface area contributed by atoms with Gasteiger partial charge in [0, 0.05) is 0 Å². The van der Waals surface area contributed by atoms with Gasteiger partial charge in [-0.3, -0.25) is 0 Å². The number of fused-ring (bicyclic) bond motifs is 1. The van der Waals surface area contributed by atoms with Crippen LogP contribution in [0.3, 0.4) is 0 Å². The van der Waals surface area contributed by atoms with Gasteiger partial charge in [-0.1, -0.05) is 6.07 Å². The molecule has 0 amide bonds. The first-order valence-corrected chi connectivity index (χ1v) is 5.97. The second-order valence-electron chi connectivity index (χ2n) is 3.73. The fourth-order valence-corrected chi connectivity index (χ4v) is 2.75. The highest BCUT2D eigenvalue weighted by molar-refractivity contribution is 7.21. The van der Waals surface area contributed by atoms with Gasteiger partial charge in [0.05, 0.1) is 15.8 Å². The Morgan fingerprint density at radius 3 is 2.39 bits per heavy atom. The Balaban J connectivity index is 2.26. The molecule has 0 radical (unpaired) electrons. The van der Waals surface area contributed by atoms with Gasteiger partial charge >= 0.3 is 0 Å². The second kappa shape index (κ2) is 4.10. The molecule has 5 heteroatoms. The fraction of sp³-hybridized carbons (Fsp3) is 0. The van der Waals surface area contributed by atoms with E-state index in [1.807, 2.05) is 0 Å². The number of thiazole rings is 1. The van der Waals surface area contributed by atoms with Crippen LogP contribution in [0.5, 0.6) is 0 Å². The van der Waals surface area contributed by atoms with Crippen molar-refractivity contribution >= 4 is 21.6 Å². The minimum atomic E-state index is -0.672. The Bertz CT molecular complexity index is 716. The predicted octanol–water partition coefficient (Wildman–Crippen LogP) is 4.38. The number of benzene rings is 2. The molecule has 0 aliphatic heterocycles. The largest absolute Gasteiger partial charge is 0.236 e. The predicted molar refractivity (Wildman–Crippen MR) is 64.9 cm³/mol. The molecular formula is C13H6F3NS. The second-order valence-corrected chi connectivity index (χ2v) is 4.76. The number of hydrogen-bond acceptors (Lipinski definition) is 2. The zero-order valence-electron chi connectivity index (χ0n) is 8.95. The van der Waals surface area contributed by atoms with E-state index in [9.17, 15) is 13.2 Å². The van der Waals surface area contributed by atoms with Crippen molar-refractivity contribution in [2.24, 2.45) is 0 Å². The van der Waals surface area contributed by atoms with E-state index >= 15 is 0 Å². The van der Waals surface area contributed by atoms with Gasteiger partial charge < -0.3 is 0 Å². The van der Waals surface area contributed by atoms with Crippen molar-refractivity contribution in [1.29, 1.82) is 0 Å². The lowest BCUT2D eigenvalue weighted by atomic mass is 10.2. The molecular weight excluding hydrogens is 259 g/mol. The van der Waals surface area contributed by atoms with Gasteiger partial charge in [-0.05, 0) is 30.3 Å². The fourth-order valence-electron chi connectivity index (χ4n) is 1.71. The third kappa shape index (κ3) is 1.76. The topological polar surface area (TPSA) is 12.9 Å². The molecule has 0 saturated heterocycles. The summed E-state index contributed by atoms with van der Waals surface area (Å²) in [6.07, 6.45) is 0. The number of halogens is 3. The first kappa shape index (κ1) is 11.2. The summed E-state index contributed by atoms with van der Waals surface area (Å²) in [5.41, 5.74) is 0.359. The van der Waals surface area contributed by atoms with E-state index in [1.54, 1.807) is 0 Å². The molecule has 0 bridgehead atoms. The molecule has 1 aromatic heterocycles. The molecule has 1 nitrogen and oxygen atoms in total. The van der Waals surface area contributed by atoms with E-state index in [0.29, 0.717) is 10.2 Å². The van der Waals surface area contributed by atoms with E-state index in [4.69, 9.17) is 0 Å². The molecule has 2 aromatic carbocycles. The summed E-state index contributed by atoms with van der Waals surface area (Å²) in [6, 6.07) is 7.69. The molecule has 0 unspecified atom stereocenters. The summed E-state index contributed by atoms with van der Waals surface area (Å²) in [4.78, 5) is 4.12. The van der Waals surface area contributed by atoms with Gasteiger partial charge in [0.25, 0.3) is 0 Å². The quantitative estimate of drug-likeness (QED) is 0.636. The smallest absolute Gasteiger partial charge is 0.136 e.